The Balaban J connectivity index is 1.50. The fourth-order valence-corrected chi connectivity index (χ4v) is 4.11. The number of allylic oxidation sites excluding steroid dienone is 2. The Morgan fingerprint density at radius 2 is 1.61 bits per heavy atom. The monoisotopic (exact) mass is 382 g/mol. The molecule has 1 aliphatic heterocycles. The lowest BCUT2D eigenvalue weighted by molar-refractivity contribution is -0.140. The van der Waals surface area contributed by atoms with Crippen molar-refractivity contribution in [1.29, 1.82) is 0 Å². The minimum absolute atomic E-state index is 0.114. The summed E-state index contributed by atoms with van der Waals surface area (Å²) in [5.41, 5.74) is 2.34. The van der Waals surface area contributed by atoms with Gasteiger partial charge < -0.3 is 5.32 Å². The zero-order chi connectivity index (χ0) is 20.3. The second-order valence-electron chi connectivity index (χ2n) is 8.36. The highest BCUT2D eigenvalue weighted by molar-refractivity contribution is 6.05. The minimum Gasteiger partial charge on any atom is -0.350 e. The van der Waals surface area contributed by atoms with Gasteiger partial charge in [0.15, 0.2) is 0 Å². The average molecular weight is 383 g/mol. The van der Waals surface area contributed by atoms with Crippen molar-refractivity contribution in [2.45, 2.75) is 52.5 Å². The van der Waals surface area contributed by atoms with Crippen molar-refractivity contribution in [2.24, 2.45) is 17.8 Å². The van der Waals surface area contributed by atoms with Crippen LogP contribution in [-0.2, 0) is 20.8 Å². The number of likely N-dealkylation sites (tertiary alicyclic amines) is 1. The van der Waals surface area contributed by atoms with Crippen LogP contribution in [0.4, 0.5) is 0 Å². The molecule has 150 valence electrons. The molecular weight excluding hydrogens is 352 g/mol. The molecule has 1 fully saturated rings. The maximum Gasteiger partial charge on any atom is 0.233 e. The van der Waals surface area contributed by atoms with E-state index in [9.17, 15) is 14.4 Å². The largest absolute Gasteiger partial charge is 0.350 e. The highest BCUT2D eigenvalue weighted by atomic mass is 16.2. The molecule has 28 heavy (non-hydrogen) atoms. The van der Waals surface area contributed by atoms with Gasteiger partial charge in [-0.25, -0.2) is 0 Å². The molecule has 5 heteroatoms. The first kappa shape index (κ1) is 20.3. The molecule has 1 saturated heterocycles. The Hall–Kier alpha value is -2.43. The summed E-state index contributed by atoms with van der Waals surface area (Å²) in [6.07, 6.45) is 6.37. The number of benzene rings is 1. The molecule has 1 aliphatic carbocycles. The predicted molar refractivity (Wildman–Crippen MR) is 108 cm³/mol. The fourth-order valence-electron chi connectivity index (χ4n) is 4.11. The van der Waals surface area contributed by atoms with Crippen LogP contribution in [-0.4, -0.2) is 29.2 Å². The molecule has 3 rings (SSSR count). The third kappa shape index (κ3) is 4.51. The zero-order valence-corrected chi connectivity index (χ0v) is 17.0. The number of hydrogen-bond acceptors (Lipinski definition) is 3. The Morgan fingerprint density at radius 1 is 1.04 bits per heavy atom. The van der Waals surface area contributed by atoms with Crippen molar-refractivity contribution >= 4 is 17.7 Å². The van der Waals surface area contributed by atoms with Crippen molar-refractivity contribution in [3.05, 3.63) is 47.5 Å². The summed E-state index contributed by atoms with van der Waals surface area (Å²) in [4.78, 5) is 38.5. The van der Waals surface area contributed by atoms with E-state index < -0.39 is 0 Å². The van der Waals surface area contributed by atoms with E-state index in [1.807, 2.05) is 31.2 Å². The number of carbonyl (C=O) groups is 3. The second kappa shape index (κ2) is 8.72. The van der Waals surface area contributed by atoms with Crippen molar-refractivity contribution in [3.8, 4) is 0 Å². The van der Waals surface area contributed by atoms with Crippen molar-refractivity contribution < 1.29 is 14.4 Å². The van der Waals surface area contributed by atoms with Gasteiger partial charge in [0.25, 0.3) is 0 Å². The van der Waals surface area contributed by atoms with E-state index in [-0.39, 0.29) is 48.6 Å². The topological polar surface area (TPSA) is 66.5 Å². The van der Waals surface area contributed by atoms with Gasteiger partial charge >= 0.3 is 0 Å². The van der Waals surface area contributed by atoms with E-state index in [2.05, 4.69) is 31.3 Å². The Bertz CT molecular complexity index is 741. The summed E-state index contributed by atoms with van der Waals surface area (Å²) < 4.78 is 0. The summed E-state index contributed by atoms with van der Waals surface area (Å²) in [6, 6.07) is 8.20. The van der Waals surface area contributed by atoms with Crippen molar-refractivity contribution in [1.82, 2.24) is 10.2 Å². The van der Waals surface area contributed by atoms with Crippen LogP contribution >= 0.6 is 0 Å². The highest BCUT2D eigenvalue weighted by Gasteiger charge is 2.46. The lowest BCUT2D eigenvalue weighted by atomic mass is 9.85. The Kier molecular flexibility index (Phi) is 6.32. The van der Waals surface area contributed by atoms with E-state index in [1.165, 1.54) is 10.5 Å². The first-order valence-corrected chi connectivity index (χ1v) is 10.2. The second-order valence-corrected chi connectivity index (χ2v) is 8.36. The molecule has 0 radical (unpaired) electrons. The van der Waals surface area contributed by atoms with E-state index in [0.717, 1.165) is 12.0 Å². The van der Waals surface area contributed by atoms with Crippen LogP contribution in [0.15, 0.2) is 36.4 Å². The molecular formula is C23H30N2O3. The number of amides is 3. The SMILES string of the molecule is CC(C)Cc1ccc([C@@H](C)NC(=O)CCN2C(=O)[C@H]3CC=CC[C@@H]3C2=O)cc1. The number of nitrogens with one attached hydrogen (secondary N) is 1. The van der Waals surface area contributed by atoms with Crippen LogP contribution in [0.1, 0.15) is 57.2 Å². The molecule has 1 heterocycles. The molecule has 1 N–H and O–H groups in total. The molecule has 0 bridgehead atoms. The van der Waals surface area contributed by atoms with Crippen LogP contribution < -0.4 is 5.32 Å². The van der Waals surface area contributed by atoms with E-state index >= 15 is 0 Å². The van der Waals surface area contributed by atoms with Gasteiger partial charge in [-0.2, -0.15) is 0 Å². The van der Waals surface area contributed by atoms with Gasteiger partial charge in [0.2, 0.25) is 17.7 Å². The van der Waals surface area contributed by atoms with Gasteiger partial charge in [-0.1, -0.05) is 50.3 Å². The smallest absolute Gasteiger partial charge is 0.233 e. The molecule has 1 aromatic carbocycles. The molecule has 0 spiro atoms. The third-order valence-corrected chi connectivity index (χ3v) is 5.66. The number of carbonyl (C=O) groups excluding carboxylic acids is 3. The number of imide groups is 1. The highest BCUT2D eigenvalue weighted by Crippen LogP contribution is 2.35. The molecule has 3 amide bonds. The van der Waals surface area contributed by atoms with Gasteiger partial charge in [0.05, 0.1) is 17.9 Å². The first-order chi connectivity index (χ1) is 13.4. The molecule has 3 atom stereocenters. The van der Waals surface area contributed by atoms with Gasteiger partial charge in [-0.3, -0.25) is 19.3 Å². The first-order valence-electron chi connectivity index (χ1n) is 10.2. The third-order valence-electron chi connectivity index (χ3n) is 5.66. The van der Waals surface area contributed by atoms with Gasteiger partial charge in [-0.05, 0) is 43.2 Å². The summed E-state index contributed by atoms with van der Waals surface area (Å²) in [5, 5.41) is 2.97. The average Bonchev–Trinajstić information content (AvgIpc) is 2.91. The number of fused-ring (bicyclic) bond motifs is 1. The van der Waals surface area contributed by atoms with Crippen LogP contribution in [0, 0.1) is 17.8 Å². The van der Waals surface area contributed by atoms with Crippen LogP contribution in [0.5, 0.6) is 0 Å². The van der Waals surface area contributed by atoms with Crippen LogP contribution in [0.3, 0.4) is 0 Å². The lowest BCUT2D eigenvalue weighted by Crippen LogP contribution is -2.36. The normalized spacial score (nSPS) is 22.5. The Morgan fingerprint density at radius 3 is 2.14 bits per heavy atom. The molecule has 0 unspecified atom stereocenters. The van der Waals surface area contributed by atoms with Crippen molar-refractivity contribution in [3.63, 3.8) is 0 Å². The molecule has 5 nitrogen and oxygen atoms in total. The van der Waals surface area contributed by atoms with Gasteiger partial charge in [0.1, 0.15) is 0 Å². The Labute approximate surface area is 167 Å². The van der Waals surface area contributed by atoms with E-state index in [0.29, 0.717) is 18.8 Å². The molecule has 0 aromatic heterocycles. The van der Waals surface area contributed by atoms with Crippen LogP contribution in [0.25, 0.3) is 0 Å². The maximum absolute atomic E-state index is 12.5. The van der Waals surface area contributed by atoms with Gasteiger partial charge in [0, 0.05) is 13.0 Å². The summed E-state index contributed by atoms with van der Waals surface area (Å²) in [5.74, 6) is -0.250. The standard InChI is InChI=1S/C23H30N2O3/c1-15(2)14-17-8-10-18(11-9-17)16(3)24-21(26)12-13-25-22(27)19-6-4-5-7-20(19)23(25)28/h4-5,8-11,15-16,19-20H,6-7,12-14H2,1-3H3,(H,24,26)/t16-,19+,20+/m1/s1. The quantitative estimate of drug-likeness (QED) is 0.581. The number of rotatable bonds is 7. The summed E-state index contributed by atoms with van der Waals surface area (Å²) >= 11 is 0. The van der Waals surface area contributed by atoms with E-state index in [1.54, 1.807) is 0 Å². The number of hydrogen-bond donors (Lipinski definition) is 1. The molecule has 1 aromatic rings. The van der Waals surface area contributed by atoms with Crippen molar-refractivity contribution in [2.75, 3.05) is 6.54 Å². The number of nitrogens with zero attached hydrogens (tertiary/aromatic N) is 1. The predicted octanol–water partition coefficient (Wildman–Crippen LogP) is 3.40. The lowest BCUT2D eigenvalue weighted by Gasteiger charge is -2.17. The summed E-state index contributed by atoms with van der Waals surface area (Å²) in [6.45, 7) is 6.49. The molecule has 2 aliphatic rings. The minimum atomic E-state index is -0.233. The van der Waals surface area contributed by atoms with Crippen LogP contribution in [0.2, 0.25) is 0 Å². The zero-order valence-electron chi connectivity index (χ0n) is 17.0. The molecule has 0 saturated carbocycles. The van der Waals surface area contributed by atoms with Gasteiger partial charge in [-0.15, -0.1) is 0 Å². The van der Waals surface area contributed by atoms with E-state index in [4.69, 9.17) is 0 Å². The fraction of sp³-hybridized carbons (Fsp3) is 0.522. The summed E-state index contributed by atoms with van der Waals surface area (Å²) in [7, 11) is 0. The maximum atomic E-state index is 12.5.